The highest BCUT2D eigenvalue weighted by molar-refractivity contribution is 7.96. The van der Waals surface area contributed by atoms with Crippen LogP contribution in [0.3, 0.4) is 0 Å². The molecule has 2 aliphatic rings. The maximum atomic E-state index is 6.22. The number of ether oxygens (including phenoxy) is 2. The highest BCUT2D eigenvalue weighted by atomic mass is 32.2. The molecule has 1 atom stereocenters. The Hall–Kier alpha value is -2.61. The van der Waals surface area contributed by atoms with Gasteiger partial charge >= 0.3 is 0 Å². The number of nitrogens with one attached hydrogen (secondary N) is 1. The summed E-state index contributed by atoms with van der Waals surface area (Å²) in [7, 11) is 0. The van der Waals surface area contributed by atoms with Crippen LogP contribution in [0.2, 0.25) is 0 Å². The Morgan fingerprint density at radius 3 is 3.10 bits per heavy atom. The van der Waals surface area contributed by atoms with E-state index >= 15 is 0 Å². The molecule has 1 aromatic heterocycles. The molecule has 1 saturated heterocycles. The van der Waals surface area contributed by atoms with Crippen molar-refractivity contribution in [3.8, 4) is 0 Å². The number of nitrogens with zero attached hydrogens (tertiary/aromatic N) is 2. The predicted octanol–water partition coefficient (Wildman–Crippen LogP) is 4.36. The van der Waals surface area contributed by atoms with Gasteiger partial charge in [0.1, 0.15) is 24.0 Å². The molecule has 6 nitrogen and oxygen atoms in total. The smallest absolute Gasteiger partial charge is 0.134 e. The molecule has 1 aromatic carbocycles. The van der Waals surface area contributed by atoms with E-state index in [-0.39, 0.29) is 6.10 Å². The summed E-state index contributed by atoms with van der Waals surface area (Å²) in [6, 6.07) is 10.1. The Morgan fingerprint density at radius 1 is 1.28 bits per heavy atom. The quantitative estimate of drug-likeness (QED) is 0.659. The zero-order chi connectivity index (χ0) is 19.9. The number of rotatable bonds is 7. The van der Waals surface area contributed by atoms with E-state index in [2.05, 4.69) is 39.6 Å². The lowest BCUT2D eigenvalue weighted by Gasteiger charge is -2.17. The van der Waals surface area contributed by atoms with E-state index in [4.69, 9.17) is 14.6 Å². The van der Waals surface area contributed by atoms with Crippen LogP contribution in [0, 0.1) is 0 Å². The number of allylic oxidation sites excluding steroid dienone is 5. The maximum Gasteiger partial charge on any atom is 0.134 e. The molecule has 2 aromatic rings. The Bertz CT molecular complexity index is 936. The standard InChI is InChI=1S/C22H24N4O2S/c23-29-14-16-5-4-6-17(11-16)26-22-12-20(24-15-25-22)19-7-2-1-3-8-21(19)28-18-9-10-27-13-18/h1,3-8,11-12,15,18H,2,9-10,13-14,23H2,(H,24,25,26). The van der Waals surface area contributed by atoms with Crippen molar-refractivity contribution in [1.82, 2.24) is 9.97 Å². The van der Waals surface area contributed by atoms with E-state index < -0.39 is 0 Å². The summed E-state index contributed by atoms with van der Waals surface area (Å²) < 4.78 is 11.7. The molecular formula is C22H24N4O2S. The van der Waals surface area contributed by atoms with Crippen LogP contribution < -0.4 is 10.5 Å². The summed E-state index contributed by atoms with van der Waals surface area (Å²) in [5.74, 6) is 2.32. The molecule has 1 unspecified atom stereocenters. The van der Waals surface area contributed by atoms with Crippen molar-refractivity contribution in [2.45, 2.75) is 24.7 Å². The van der Waals surface area contributed by atoms with E-state index in [0.29, 0.717) is 6.61 Å². The first kappa shape index (κ1) is 19.7. The molecule has 1 fully saturated rings. The molecule has 0 bridgehead atoms. The third-order valence-electron chi connectivity index (χ3n) is 4.68. The summed E-state index contributed by atoms with van der Waals surface area (Å²) >= 11 is 1.31. The molecule has 29 heavy (non-hydrogen) atoms. The highest BCUT2D eigenvalue weighted by Crippen LogP contribution is 2.29. The van der Waals surface area contributed by atoms with Gasteiger partial charge in [0.25, 0.3) is 0 Å². The van der Waals surface area contributed by atoms with Gasteiger partial charge < -0.3 is 14.8 Å². The Kier molecular flexibility index (Phi) is 6.61. The predicted molar refractivity (Wildman–Crippen MR) is 117 cm³/mol. The molecule has 0 saturated carbocycles. The molecule has 0 spiro atoms. The molecule has 0 radical (unpaired) electrons. The van der Waals surface area contributed by atoms with Gasteiger partial charge in [-0.2, -0.15) is 0 Å². The summed E-state index contributed by atoms with van der Waals surface area (Å²) in [4.78, 5) is 8.88. The summed E-state index contributed by atoms with van der Waals surface area (Å²) in [5, 5.41) is 8.95. The number of benzene rings is 1. The third kappa shape index (κ3) is 5.26. The summed E-state index contributed by atoms with van der Waals surface area (Å²) in [5.41, 5.74) is 3.92. The van der Waals surface area contributed by atoms with E-state index in [9.17, 15) is 0 Å². The zero-order valence-corrected chi connectivity index (χ0v) is 16.9. The monoisotopic (exact) mass is 408 g/mol. The highest BCUT2D eigenvalue weighted by Gasteiger charge is 2.21. The normalized spacial score (nSPS) is 18.7. The third-order valence-corrected chi connectivity index (χ3v) is 5.18. The van der Waals surface area contributed by atoms with Crippen molar-refractivity contribution in [3.05, 3.63) is 78.0 Å². The van der Waals surface area contributed by atoms with Crippen LogP contribution in [0.5, 0.6) is 0 Å². The van der Waals surface area contributed by atoms with E-state index in [1.807, 2.05) is 30.4 Å². The molecule has 1 aliphatic carbocycles. The lowest BCUT2D eigenvalue weighted by Crippen LogP contribution is -2.13. The SMILES string of the molecule is NSCc1cccc(Nc2cc(C3=CCC=CC=C3OC3CCOC3)ncn2)c1. The minimum atomic E-state index is 0.0822. The maximum absolute atomic E-state index is 6.22. The van der Waals surface area contributed by atoms with Crippen molar-refractivity contribution >= 4 is 29.0 Å². The van der Waals surface area contributed by atoms with Crippen LogP contribution in [0.1, 0.15) is 24.1 Å². The van der Waals surface area contributed by atoms with Crippen LogP contribution in [0.25, 0.3) is 5.57 Å². The second-order valence-corrected chi connectivity index (χ2v) is 7.46. The molecule has 1 aliphatic heterocycles. The van der Waals surface area contributed by atoms with Crippen molar-refractivity contribution in [3.63, 3.8) is 0 Å². The van der Waals surface area contributed by atoms with E-state index in [0.717, 1.165) is 59.3 Å². The second kappa shape index (κ2) is 9.73. The topological polar surface area (TPSA) is 82.3 Å². The first-order valence-corrected chi connectivity index (χ1v) is 10.7. The Labute approximate surface area is 175 Å². The van der Waals surface area contributed by atoms with Crippen LogP contribution >= 0.6 is 11.9 Å². The van der Waals surface area contributed by atoms with Crippen LogP contribution in [-0.4, -0.2) is 29.3 Å². The lowest BCUT2D eigenvalue weighted by atomic mass is 10.1. The van der Waals surface area contributed by atoms with Gasteiger partial charge in [-0.1, -0.05) is 42.3 Å². The van der Waals surface area contributed by atoms with Crippen molar-refractivity contribution in [2.24, 2.45) is 5.14 Å². The van der Waals surface area contributed by atoms with Crippen molar-refractivity contribution in [2.75, 3.05) is 18.5 Å². The summed E-state index contributed by atoms with van der Waals surface area (Å²) in [6.45, 7) is 1.37. The number of anilines is 2. The molecule has 3 N–H and O–H groups in total. The number of aromatic nitrogens is 2. The average molecular weight is 409 g/mol. The van der Waals surface area contributed by atoms with E-state index in [1.165, 1.54) is 11.9 Å². The number of nitrogens with two attached hydrogens (primary N) is 1. The second-order valence-electron chi connectivity index (χ2n) is 6.84. The molecular weight excluding hydrogens is 384 g/mol. The first-order chi connectivity index (χ1) is 14.3. The van der Waals surface area contributed by atoms with Gasteiger partial charge in [0.2, 0.25) is 0 Å². The first-order valence-electron chi connectivity index (χ1n) is 9.63. The molecule has 7 heteroatoms. The lowest BCUT2D eigenvalue weighted by molar-refractivity contribution is 0.0998. The summed E-state index contributed by atoms with van der Waals surface area (Å²) in [6.07, 6.45) is 11.6. The van der Waals surface area contributed by atoms with E-state index in [1.54, 1.807) is 6.33 Å². The van der Waals surface area contributed by atoms with Crippen molar-refractivity contribution < 1.29 is 9.47 Å². The van der Waals surface area contributed by atoms with Crippen LogP contribution in [0.15, 0.2) is 66.7 Å². The molecule has 2 heterocycles. The number of hydrogen-bond donors (Lipinski definition) is 2. The minimum absolute atomic E-state index is 0.0822. The van der Waals surface area contributed by atoms with Gasteiger partial charge in [0.15, 0.2) is 0 Å². The average Bonchev–Trinajstić information content (AvgIpc) is 3.13. The molecule has 0 amide bonds. The fourth-order valence-corrected chi connectivity index (χ4v) is 3.66. The molecule has 4 rings (SSSR count). The Morgan fingerprint density at radius 2 is 2.24 bits per heavy atom. The fourth-order valence-electron chi connectivity index (χ4n) is 3.29. The van der Waals surface area contributed by atoms with Gasteiger partial charge in [-0.15, -0.1) is 0 Å². The zero-order valence-electron chi connectivity index (χ0n) is 16.1. The Balaban J connectivity index is 1.55. The van der Waals surface area contributed by atoms with Crippen LogP contribution in [-0.2, 0) is 15.2 Å². The molecule has 150 valence electrons. The largest absolute Gasteiger partial charge is 0.487 e. The van der Waals surface area contributed by atoms with Gasteiger partial charge in [0.05, 0.1) is 18.9 Å². The number of hydrogen-bond acceptors (Lipinski definition) is 7. The van der Waals surface area contributed by atoms with Gasteiger partial charge in [-0.05, 0) is 30.2 Å². The van der Waals surface area contributed by atoms with Crippen molar-refractivity contribution in [1.29, 1.82) is 0 Å². The van der Waals surface area contributed by atoms with Gasteiger partial charge in [-0.3, -0.25) is 5.14 Å². The fraction of sp³-hybridized carbons (Fsp3) is 0.273. The van der Waals surface area contributed by atoms with Crippen LogP contribution in [0.4, 0.5) is 11.5 Å². The van der Waals surface area contributed by atoms with Gasteiger partial charge in [-0.25, -0.2) is 9.97 Å². The minimum Gasteiger partial charge on any atom is -0.487 e. The van der Waals surface area contributed by atoms with Gasteiger partial charge in [0, 0.05) is 29.5 Å².